The molecule has 1 saturated heterocycles. The maximum absolute atomic E-state index is 5.37. The molecule has 0 saturated carbocycles. The summed E-state index contributed by atoms with van der Waals surface area (Å²) in [6.45, 7) is 4.27. The van der Waals surface area contributed by atoms with E-state index in [1.165, 1.54) is 25.9 Å². The van der Waals surface area contributed by atoms with Gasteiger partial charge in [0.25, 0.3) is 0 Å². The molecule has 4 nitrogen and oxygen atoms in total. The Morgan fingerprint density at radius 1 is 1.46 bits per heavy atom. The number of amidine groups is 1. The molecule has 2 heterocycles. The van der Waals surface area contributed by atoms with Crippen LogP contribution in [0, 0.1) is 5.92 Å². The summed E-state index contributed by atoms with van der Waals surface area (Å²) < 4.78 is 0. The summed E-state index contributed by atoms with van der Waals surface area (Å²) in [5, 5.41) is 0. The molecular weight excluding hydrogens is 166 g/mol. The van der Waals surface area contributed by atoms with Gasteiger partial charge in [0.1, 0.15) is 5.84 Å². The lowest BCUT2D eigenvalue weighted by Crippen LogP contribution is -2.35. The Balaban J connectivity index is 1.88. The highest BCUT2D eigenvalue weighted by Gasteiger charge is 2.28. The quantitative estimate of drug-likeness (QED) is 0.647. The minimum Gasteiger partial charge on any atom is -0.306 e. The molecule has 0 bridgehead atoms. The monoisotopic (exact) mass is 183 g/mol. The van der Waals surface area contributed by atoms with Gasteiger partial charge in [0.15, 0.2) is 6.23 Å². The smallest absolute Gasteiger partial charge is 0.179 e. The van der Waals surface area contributed by atoms with Crippen molar-refractivity contribution in [1.29, 1.82) is 0 Å². The number of hydroxylamine groups is 1. The molecule has 4 heteroatoms. The van der Waals surface area contributed by atoms with Crippen molar-refractivity contribution < 1.29 is 4.84 Å². The first kappa shape index (κ1) is 8.97. The Kier molecular flexibility index (Phi) is 2.51. The molecule has 0 aromatic carbocycles. The van der Waals surface area contributed by atoms with Gasteiger partial charge in [-0.15, -0.1) is 0 Å². The van der Waals surface area contributed by atoms with E-state index in [0.717, 1.165) is 5.84 Å². The fourth-order valence-electron chi connectivity index (χ4n) is 1.90. The van der Waals surface area contributed by atoms with Crippen LogP contribution in [0.1, 0.15) is 19.8 Å². The highest BCUT2D eigenvalue weighted by Crippen LogP contribution is 2.23. The third-order valence-electron chi connectivity index (χ3n) is 2.81. The van der Waals surface area contributed by atoms with Gasteiger partial charge in [-0.25, -0.2) is 9.83 Å². The maximum Gasteiger partial charge on any atom is 0.179 e. The number of piperidine rings is 1. The second-order valence-corrected chi connectivity index (χ2v) is 3.97. The number of hydrogen-bond acceptors (Lipinski definition) is 4. The summed E-state index contributed by atoms with van der Waals surface area (Å²) in [4.78, 5) is 12.1. The summed E-state index contributed by atoms with van der Waals surface area (Å²) in [6.07, 6.45) is 2.45. The molecule has 0 spiro atoms. The minimum absolute atomic E-state index is 0.0636. The second kappa shape index (κ2) is 3.64. The molecule has 2 rings (SSSR count). The van der Waals surface area contributed by atoms with E-state index in [9.17, 15) is 0 Å². The van der Waals surface area contributed by atoms with Crippen LogP contribution < -0.4 is 5.48 Å². The van der Waals surface area contributed by atoms with Gasteiger partial charge < -0.3 is 4.90 Å². The van der Waals surface area contributed by atoms with Crippen LogP contribution in [0.4, 0.5) is 0 Å². The molecule has 1 N–H and O–H groups in total. The second-order valence-electron chi connectivity index (χ2n) is 3.97. The summed E-state index contributed by atoms with van der Waals surface area (Å²) in [5.74, 6) is 1.50. The predicted octanol–water partition coefficient (Wildman–Crippen LogP) is 0.607. The lowest BCUT2D eigenvalue weighted by atomic mass is 9.96. The third kappa shape index (κ3) is 2.00. The number of rotatable bonds is 1. The molecule has 1 atom stereocenters. The van der Waals surface area contributed by atoms with Crippen molar-refractivity contribution in [2.45, 2.75) is 26.0 Å². The van der Waals surface area contributed by atoms with E-state index >= 15 is 0 Å². The molecule has 0 aliphatic carbocycles. The topological polar surface area (TPSA) is 36.9 Å². The van der Waals surface area contributed by atoms with E-state index in [4.69, 9.17) is 4.84 Å². The molecule has 74 valence electrons. The predicted molar refractivity (Wildman–Crippen MR) is 51.3 cm³/mol. The van der Waals surface area contributed by atoms with Crippen molar-refractivity contribution in [3.05, 3.63) is 0 Å². The largest absolute Gasteiger partial charge is 0.306 e. The normalized spacial score (nSPS) is 31.5. The molecule has 2 aliphatic heterocycles. The van der Waals surface area contributed by atoms with Gasteiger partial charge in [-0.3, -0.25) is 5.48 Å². The first-order chi connectivity index (χ1) is 6.25. The van der Waals surface area contributed by atoms with E-state index in [2.05, 4.69) is 22.4 Å². The van der Waals surface area contributed by atoms with Gasteiger partial charge in [-0.2, -0.15) is 0 Å². The minimum atomic E-state index is 0.0636. The van der Waals surface area contributed by atoms with Crippen LogP contribution in [-0.4, -0.2) is 37.1 Å². The van der Waals surface area contributed by atoms with Crippen LogP contribution in [0.3, 0.4) is 0 Å². The average Bonchev–Trinajstić information content (AvgIpc) is 2.53. The van der Waals surface area contributed by atoms with E-state index < -0.39 is 0 Å². The molecule has 0 aromatic heterocycles. The van der Waals surface area contributed by atoms with Crippen molar-refractivity contribution in [2.24, 2.45) is 10.9 Å². The number of nitrogens with one attached hydrogen (secondary N) is 1. The van der Waals surface area contributed by atoms with E-state index in [1.54, 1.807) is 0 Å². The lowest BCUT2D eigenvalue weighted by Gasteiger charge is -2.30. The Morgan fingerprint density at radius 3 is 2.69 bits per heavy atom. The van der Waals surface area contributed by atoms with E-state index in [-0.39, 0.29) is 6.23 Å². The summed E-state index contributed by atoms with van der Waals surface area (Å²) in [7, 11) is 2.17. The Labute approximate surface area is 78.9 Å². The van der Waals surface area contributed by atoms with Crippen LogP contribution in [0.2, 0.25) is 0 Å². The van der Waals surface area contributed by atoms with E-state index in [0.29, 0.717) is 5.92 Å². The van der Waals surface area contributed by atoms with Gasteiger partial charge in [-0.05, 0) is 39.9 Å². The fourth-order valence-corrected chi connectivity index (χ4v) is 1.90. The zero-order valence-electron chi connectivity index (χ0n) is 8.29. The molecule has 0 amide bonds. The van der Waals surface area contributed by atoms with Crippen LogP contribution in [0.25, 0.3) is 0 Å². The Morgan fingerprint density at radius 2 is 2.15 bits per heavy atom. The molecule has 1 fully saturated rings. The van der Waals surface area contributed by atoms with Gasteiger partial charge in [0.2, 0.25) is 0 Å². The molecule has 13 heavy (non-hydrogen) atoms. The van der Waals surface area contributed by atoms with Crippen LogP contribution in [0.15, 0.2) is 4.99 Å². The van der Waals surface area contributed by atoms with Crippen molar-refractivity contribution >= 4 is 5.84 Å². The Bertz CT molecular complexity index is 209. The zero-order chi connectivity index (χ0) is 9.26. The van der Waals surface area contributed by atoms with Crippen LogP contribution in [-0.2, 0) is 4.84 Å². The van der Waals surface area contributed by atoms with Gasteiger partial charge in [-0.1, -0.05) is 0 Å². The molecule has 0 radical (unpaired) electrons. The molecule has 1 unspecified atom stereocenters. The summed E-state index contributed by atoms with van der Waals surface area (Å²) in [5.41, 5.74) is 2.81. The van der Waals surface area contributed by atoms with Crippen molar-refractivity contribution in [1.82, 2.24) is 10.4 Å². The Hall–Kier alpha value is -0.610. The summed E-state index contributed by atoms with van der Waals surface area (Å²) >= 11 is 0. The molecular formula is C9H17N3O. The SMILES string of the molecule is CC1=NC(C2CCN(C)CC2)ON1. The first-order valence-corrected chi connectivity index (χ1v) is 4.90. The zero-order valence-corrected chi connectivity index (χ0v) is 8.29. The number of nitrogens with zero attached hydrogens (tertiary/aromatic N) is 2. The van der Waals surface area contributed by atoms with Gasteiger partial charge >= 0.3 is 0 Å². The molecule has 0 aromatic rings. The number of likely N-dealkylation sites (tertiary alicyclic amines) is 1. The van der Waals surface area contributed by atoms with Crippen LogP contribution >= 0.6 is 0 Å². The van der Waals surface area contributed by atoms with Crippen molar-refractivity contribution in [2.75, 3.05) is 20.1 Å². The van der Waals surface area contributed by atoms with Crippen LogP contribution in [0.5, 0.6) is 0 Å². The highest BCUT2D eigenvalue weighted by atomic mass is 16.7. The lowest BCUT2D eigenvalue weighted by molar-refractivity contribution is -0.0158. The number of aliphatic imine (C=N–C) groups is 1. The number of hydrogen-bond donors (Lipinski definition) is 1. The highest BCUT2D eigenvalue weighted by molar-refractivity contribution is 5.79. The van der Waals surface area contributed by atoms with Gasteiger partial charge in [0.05, 0.1) is 0 Å². The summed E-state index contributed by atoms with van der Waals surface area (Å²) in [6, 6.07) is 0. The maximum atomic E-state index is 5.37. The average molecular weight is 183 g/mol. The van der Waals surface area contributed by atoms with Gasteiger partial charge in [0, 0.05) is 5.92 Å². The van der Waals surface area contributed by atoms with E-state index in [1.807, 2.05) is 6.92 Å². The molecule has 2 aliphatic rings. The fraction of sp³-hybridized carbons (Fsp3) is 0.889. The van der Waals surface area contributed by atoms with Crippen molar-refractivity contribution in [3.8, 4) is 0 Å². The van der Waals surface area contributed by atoms with Crippen molar-refractivity contribution in [3.63, 3.8) is 0 Å². The first-order valence-electron chi connectivity index (χ1n) is 4.90. The third-order valence-corrected chi connectivity index (χ3v) is 2.81. The standard InChI is InChI=1S/C9H17N3O/c1-7-10-9(13-11-7)8-3-5-12(2)6-4-8/h8-9H,3-6H2,1-2H3,(H,10,11).